The predicted octanol–water partition coefficient (Wildman–Crippen LogP) is 2.23. The molecule has 1 saturated heterocycles. The molecule has 142 valence electrons. The number of rotatable bonds is 7. The first kappa shape index (κ1) is 21.4. The van der Waals surface area contributed by atoms with Gasteiger partial charge in [0.25, 0.3) is 0 Å². The minimum absolute atomic E-state index is 0. The number of hydrogen-bond donors (Lipinski definition) is 2. The van der Waals surface area contributed by atoms with Gasteiger partial charge in [-0.3, -0.25) is 4.79 Å². The topological polar surface area (TPSA) is 82.8 Å². The van der Waals surface area contributed by atoms with Crippen LogP contribution in [0.1, 0.15) is 25.3 Å². The summed E-state index contributed by atoms with van der Waals surface area (Å²) in [5.74, 6) is -0.0867. The molecule has 1 aliphatic rings. The number of hydrogen-bond acceptors (Lipinski definition) is 5. The Balaban J connectivity index is 0.00000312. The monoisotopic (exact) mass is 380 g/mol. The van der Waals surface area contributed by atoms with Crippen molar-refractivity contribution in [3.63, 3.8) is 0 Å². The number of ether oxygens (including phenoxy) is 3. The third kappa shape index (κ3) is 5.98. The zero-order valence-electron chi connectivity index (χ0n) is 13.9. The van der Waals surface area contributed by atoms with E-state index in [4.69, 9.17) is 15.2 Å². The van der Waals surface area contributed by atoms with Gasteiger partial charge in [-0.05, 0) is 37.5 Å². The lowest BCUT2D eigenvalue weighted by Crippen LogP contribution is -2.56. The molecular formula is C16H23ClF2N2O4. The summed E-state index contributed by atoms with van der Waals surface area (Å²) in [5.41, 5.74) is 5.87. The normalized spacial score (nSPS) is 16.0. The third-order valence-corrected chi connectivity index (χ3v) is 3.81. The fourth-order valence-electron chi connectivity index (χ4n) is 2.45. The van der Waals surface area contributed by atoms with Crippen molar-refractivity contribution < 1.29 is 27.8 Å². The van der Waals surface area contributed by atoms with Gasteiger partial charge in [-0.25, -0.2) is 0 Å². The van der Waals surface area contributed by atoms with Crippen LogP contribution < -0.4 is 20.5 Å². The quantitative estimate of drug-likeness (QED) is 0.758. The highest BCUT2D eigenvalue weighted by molar-refractivity contribution is 5.86. The van der Waals surface area contributed by atoms with Crippen LogP contribution in [-0.4, -0.2) is 37.9 Å². The lowest BCUT2D eigenvalue weighted by atomic mass is 9.90. The molecule has 0 unspecified atom stereocenters. The maximum Gasteiger partial charge on any atom is 0.387 e. The molecule has 3 N–H and O–H groups in total. The summed E-state index contributed by atoms with van der Waals surface area (Å²) in [4.78, 5) is 12.3. The van der Waals surface area contributed by atoms with Crippen LogP contribution in [0.5, 0.6) is 11.5 Å². The second-order valence-electron chi connectivity index (χ2n) is 5.54. The zero-order chi connectivity index (χ0) is 17.6. The molecule has 0 radical (unpaired) electrons. The average Bonchev–Trinajstić information content (AvgIpc) is 2.55. The van der Waals surface area contributed by atoms with Gasteiger partial charge in [0, 0.05) is 19.8 Å². The van der Waals surface area contributed by atoms with Crippen LogP contribution >= 0.6 is 12.4 Å². The number of carbonyl (C=O) groups is 1. The van der Waals surface area contributed by atoms with E-state index in [1.165, 1.54) is 6.07 Å². The first-order chi connectivity index (χ1) is 11.4. The highest BCUT2D eigenvalue weighted by Gasteiger charge is 2.35. The van der Waals surface area contributed by atoms with E-state index in [0.717, 1.165) is 0 Å². The molecule has 0 bridgehead atoms. The molecule has 25 heavy (non-hydrogen) atoms. The number of carbonyl (C=O) groups excluding carboxylic acids is 1. The number of nitrogens with two attached hydrogens (primary N) is 1. The molecule has 1 aliphatic heterocycles. The minimum atomic E-state index is -2.93. The molecule has 9 heteroatoms. The average molecular weight is 381 g/mol. The van der Waals surface area contributed by atoms with Gasteiger partial charge in [-0.1, -0.05) is 6.07 Å². The maximum absolute atomic E-state index is 12.4. The fraction of sp³-hybridized carbons (Fsp3) is 0.562. The Kier molecular flexibility index (Phi) is 8.34. The number of halogens is 3. The van der Waals surface area contributed by atoms with Gasteiger partial charge in [0.15, 0.2) is 11.5 Å². The van der Waals surface area contributed by atoms with Crippen molar-refractivity contribution in [1.82, 2.24) is 5.32 Å². The molecule has 2 rings (SSSR count). The van der Waals surface area contributed by atoms with Crippen LogP contribution in [0.2, 0.25) is 0 Å². The Morgan fingerprint density at radius 1 is 1.36 bits per heavy atom. The van der Waals surface area contributed by atoms with Crippen molar-refractivity contribution in [2.45, 2.75) is 38.5 Å². The first-order valence-electron chi connectivity index (χ1n) is 7.80. The highest BCUT2D eigenvalue weighted by atomic mass is 35.5. The SMILES string of the molecule is CCOc1cc(CNC(=O)C2(N)CCOCC2)ccc1OC(F)F.Cl. The number of amides is 1. The summed E-state index contributed by atoms with van der Waals surface area (Å²) in [5, 5.41) is 2.77. The van der Waals surface area contributed by atoms with E-state index in [9.17, 15) is 13.6 Å². The van der Waals surface area contributed by atoms with E-state index in [1.54, 1.807) is 19.1 Å². The largest absolute Gasteiger partial charge is 0.490 e. The Bertz CT molecular complexity index is 569. The molecule has 0 saturated carbocycles. The predicted molar refractivity (Wildman–Crippen MR) is 90.3 cm³/mol. The van der Waals surface area contributed by atoms with Crippen molar-refractivity contribution in [2.75, 3.05) is 19.8 Å². The number of benzene rings is 1. The van der Waals surface area contributed by atoms with E-state index in [0.29, 0.717) is 38.2 Å². The Labute approximate surface area is 151 Å². The number of alkyl halides is 2. The number of nitrogens with one attached hydrogen (secondary N) is 1. The van der Waals surface area contributed by atoms with E-state index >= 15 is 0 Å². The van der Waals surface area contributed by atoms with Crippen LogP contribution in [0.25, 0.3) is 0 Å². The Morgan fingerprint density at radius 2 is 2.04 bits per heavy atom. The second kappa shape index (κ2) is 9.74. The van der Waals surface area contributed by atoms with Crippen LogP contribution in [-0.2, 0) is 16.1 Å². The molecule has 1 amide bonds. The molecule has 0 aromatic heterocycles. The lowest BCUT2D eigenvalue weighted by molar-refractivity contribution is -0.129. The molecular weight excluding hydrogens is 358 g/mol. The molecule has 1 aromatic rings. The van der Waals surface area contributed by atoms with Gasteiger partial charge in [-0.2, -0.15) is 8.78 Å². The summed E-state index contributed by atoms with van der Waals surface area (Å²) < 4.78 is 39.7. The van der Waals surface area contributed by atoms with Crippen molar-refractivity contribution >= 4 is 18.3 Å². The van der Waals surface area contributed by atoms with Gasteiger partial charge < -0.3 is 25.3 Å². The summed E-state index contributed by atoms with van der Waals surface area (Å²) in [7, 11) is 0. The van der Waals surface area contributed by atoms with E-state index in [-0.39, 0.29) is 36.4 Å². The van der Waals surface area contributed by atoms with E-state index in [1.807, 2.05) is 0 Å². The minimum Gasteiger partial charge on any atom is -0.490 e. The molecule has 1 fully saturated rings. The Morgan fingerprint density at radius 3 is 2.64 bits per heavy atom. The molecule has 0 aliphatic carbocycles. The standard InChI is InChI=1S/C16H22F2N2O4.ClH/c1-2-23-13-9-11(3-4-12(13)24-15(17)18)10-20-14(21)16(19)5-7-22-8-6-16;/h3-4,9,15H,2,5-8,10,19H2,1H3,(H,20,21);1H. The molecule has 0 atom stereocenters. The molecule has 0 spiro atoms. The van der Waals surface area contributed by atoms with Crippen molar-refractivity contribution in [3.8, 4) is 11.5 Å². The van der Waals surface area contributed by atoms with Crippen molar-refractivity contribution in [2.24, 2.45) is 5.73 Å². The lowest BCUT2D eigenvalue weighted by Gasteiger charge is -2.31. The van der Waals surface area contributed by atoms with Crippen molar-refractivity contribution in [1.29, 1.82) is 0 Å². The van der Waals surface area contributed by atoms with Crippen molar-refractivity contribution in [3.05, 3.63) is 23.8 Å². The van der Waals surface area contributed by atoms with Gasteiger partial charge in [-0.15, -0.1) is 12.4 Å². The first-order valence-corrected chi connectivity index (χ1v) is 7.80. The van der Waals surface area contributed by atoms with Crippen LogP contribution in [0, 0.1) is 0 Å². The summed E-state index contributed by atoms with van der Waals surface area (Å²) in [6.45, 7) is 0.245. The molecule has 6 nitrogen and oxygen atoms in total. The fourth-order valence-corrected chi connectivity index (χ4v) is 2.45. The van der Waals surface area contributed by atoms with Gasteiger partial charge in [0.1, 0.15) is 0 Å². The van der Waals surface area contributed by atoms with Gasteiger partial charge in [0.05, 0.1) is 12.1 Å². The summed E-state index contributed by atoms with van der Waals surface area (Å²) >= 11 is 0. The zero-order valence-corrected chi connectivity index (χ0v) is 14.7. The summed E-state index contributed by atoms with van der Waals surface area (Å²) in [6.07, 6.45) is 0.925. The summed E-state index contributed by atoms with van der Waals surface area (Å²) in [6, 6.07) is 4.55. The van der Waals surface area contributed by atoms with Crippen LogP contribution in [0.15, 0.2) is 18.2 Å². The molecule has 1 aromatic carbocycles. The Hall–Kier alpha value is -1.64. The van der Waals surface area contributed by atoms with Gasteiger partial charge >= 0.3 is 6.61 Å². The second-order valence-corrected chi connectivity index (χ2v) is 5.54. The highest BCUT2D eigenvalue weighted by Crippen LogP contribution is 2.30. The van der Waals surface area contributed by atoms with Crippen LogP contribution in [0.4, 0.5) is 8.78 Å². The van der Waals surface area contributed by atoms with Gasteiger partial charge in [0.2, 0.25) is 5.91 Å². The third-order valence-electron chi connectivity index (χ3n) is 3.81. The smallest absolute Gasteiger partial charge is 0.387 e. The van der Waals surface area contributed by atoms with Crippen LogP contribution in [0.3, 0.4) is 0 Å². The maximum atomic E-state index is 12.4. The van der Waals surface area contributed by atoms with E-state index in [2.05, 4.69) is 10.1 Å². The van der Waals surface area contributed by atoms with E-state index < -0.39 is 12.2 Å². The molecule has 1 heterocycles.